The molecule has 134 valence electrons. The van der Waals surface area contributed by atoms with Gasteiger partial charge in [0.25, 0.3) is 5.69 Å². The Bertz CT molecular complexity index is 722. The number of non-ortho nitro benzene ring substituents is 1. The number of carboxylic acid groups (broad SMARTS) is 1. The minimum atomic E-state index is -0.945. The number of nitrogens with zero attached hydrogens (tertiary/aromatic N) is 4. The SMILES string of the molecule is CC1CN(CC(=O)N2CCc3ccc([N+](=O)[O-])cc32)CCN1C(=O)O. The molecule has 0 spiro atoms. The largest absolute Gasteiger partial charge is 0.465 e. The molecule has 25 heavy (non-hydrogen) atoms. The van der Waals surface area contributed by atoms with Gasteiger partial charge in [-0.3, -0.25) is 19.8 Å². The summed E-state index contributed by atoms with van der Waals surface area (Å²) in [6.07, 6.45) is -0.262. The van der Waals surface area contributed by atoms with Crippen LogP contribution in [0.2, 0.25) is 0 Å². The summed E-state index contributed by atoms with van der Waals surface area (Å²) in [5, 5.41) is 20.1. The van der Waals surface area contributed by atoms with Crippen molar-refractivity contribution in [2.24, 2.45) is 0 Å². The van der Waals surface area contributed by atoms with Gasteiger partial charge in [-0.1, -0.05) is 6.07 Å². The number of carbonyl (C=O) groups excluding carboxylic acids is 1. The van der Waals surface area contributed by atoms with Crippen LogP contribution in [0.5, 0.6) is 0 Å². The van der Waals surface area contributed by atoms with Crippen LogP contribution in [0.3, 0.4) is 0 Å². The van der Waals surface area contributed by atoms with Gasteiger partial charge in [-0.25, -0.2) is 4.79 Å². The van der Waals surface area contributed by atoms with Crippen molar-refractivity contribution in [2.75, 3.05) is 37.6 Å². The maximum atomic E-state index is 12.7. The highest BCUT2D eigenvalue weighted by Crippen LogP contribution is 2.31. The summed E-state index contributed by atoms with van der Waals surface area (Å²) in [6.45, 7) is 3.87. The average molecular weight is 348 g/mol. The molecule has 9 nitrogen and oxygen atoms in total. The van der Waals surface area contributed by atoms with Gasteiger partial charge >= 0.3 is 6.09 Å². The third kappa shape index (κ3) is 3.41. The van der Waals surface area contributed by atoms with E-state index in [4.69, 9.17) is 5.11 Å². The van der Waals surface area contributed by atoms with Gasteiger partial charge in [0.2, 0.25) is 5.91 Å². The molecule has 1 unspecified atom stereocenters. The fraction of sp³-hybridized carbons (Fsp3) is 0.500. The van der Waals surface area contributed by atoms with Crippen LogP contribution in [-0.4, -0.2) is 70.6 Å². The molecule has 0 radical (unpaired) electrons. The van der Waals surface area contributed by atoms with E-state index in [-0.39, 0.29) is 24.2 Å². The summed E-state index contributed by atoms with van der Waals surface area (Å²) >= 11 is 0. The Morgan fingerprint density at radius 1 is 1.32 bits per heavy atom. The molecular weight excluding hydrogens is 328 g/mol. The average Bonchev–Trinajstić information content (AvgIpc) is 2.97. The molecule has 0 bridgehead atoms. The van der Waals surface area contributed by atoms with E-state index in [9.17, 15) is 19.7 Å². The Labute approximate surface area is 144 Å². The van der Waals surface area contributed by atoms with E-state index in [0.717, 1.165) is 5.56 Å². The molecule has 1 saturated heterocycles. The second-order valence-electron chi connectivity index (χ2n) is 6.43. The van der Waals surface area contributed by atoms with E-state index in [1.165, 1.54) is 17.0 Å². The van der Waals surface area contributed by atoms with E-state index in [1.807, 2.05) is 11.8 Å². The van der Waals surface area contributed by atoms with Gasteiger partial charge in [0, 0.05) is 44.4 Å². The first-order valence-corrected chi connectivity index (χ1v) is 8.16. The first-order valence-electron chi connectivity index (χ1n) is 8.16. The molecule has 2 aliphatic rings. The molecule has 1 N–H and O–H groups in total. The van der Waals surface area contributed by atoms with Gasteiger partial charge in [-0.05, 0) is 18.9 Å². The van der Waals surface area contributed by atoms with Gasteiger partial charge in [0.1, 0.15) is 0 Å². The van der Waals surface area contributed by atoms with Gasteiger partial charge < -0.3 is 14.9 Å². The molecule has 0 saturated carbocycles. The molecule has 1 aromatic rings. The van der Waals surface area contributed by atoms with Crippen molar-refractivity contribution in [3.05, 3.63) is 33.9 Å². The number of carbonyl (C=O) groups is 2. The third-order valence-corrected chi connectivity index (χ3v) is 4.79. The summed E-state index contributed by atoms with van der Waals surface area (Å²) in [4.78, 5) is 39.2. The second-order valence-corrected chi connectivity index (χ2v) is 6.43. The van der Waals surface area contributed by atoms with E-state index in [1.54, 1.807) is 11.0 Å². The zero-order valence-electron chi connectivity index (χ0n) is 13.9. The van der Waals surface area contributed by atoms with Gasteiger partial charge in [0.15, 0.2) is 0 Å². The van der Waals surface area contributed by atoms with E-state index < -0.39 is 11.0 Å². The highest BCUT2D eigenvalue weighted by Gasteiger charge is 2.31. The van der Waals surface area contributed by atoms with Crippen molar-refractivity contribution >= 4 is 23.4 Å². The summed E-state index contributed by atoms with van der Waals surface area (Å²) < 4.78 is 0. The van der Waals surface area contributed by atoms with Gasteiger partial charge in [0.05, 0.1) is 17.2 Å². The predicted octanol–water partition coefficient (Wildman–Crippen LogP) is 1.17. The predicted molar refractivity (Wildman–Crippen MR) is 89.8 cm³/mol. The van der Waals surface area contributed by atoms with Crippen LogP contribution in [0, 0.1) is 10.1 Å². The van der Waals surface area contributed by atoms with Crippen LogP contribution in [-0.2, 0) is 11.2 Å². The zero-order chi connectivity index (χ0) is 18.1. The van der Waals surface area contributed by atoms with Crippen LogP contribution in [0.1, 0.15) is 12.5 Å². The molecular formula is C16H20N4O5. The Hall–Kier alpha value is -2.68. The number of benzene rings is 1. The van der Waals surface area contributed by atoms with Crippen molar-refractivity contribution in [2.45, 2.75) is 19.4 Å². The molecule has 9 heteroatoms. The molecule has 0 aliphatic carbocycles. The minimum absolute atomic E-state index is 0.0258. The Morgan fingerprint density at radius 2 is 2.08 bits per heavy atom. The number of piperazine rings is 1. The smallest absolute Gasteiger partial charge is 0.407 e. The van der Waals surface area contributed by atoms with E-state index in [0.29, 0.717) is 38.3 Å². The zero-order valence-corrected chi connectivity index (χ0v) is 13.9. The number of nitro benzene ring substituents is 1. The van der Waals surface area contributed by atoms with Crippen molar-refractivity contribution < 1.29 is 19.6 Å². The van der Waals surface area contributed by atoms with Crippen LogP contribution in [0.15, 0.2) is 18.2 Å². The van der Waals surface area contributed by atoms with E-state index >= 15 is 0 Å². The summed E-state index contributed by atoms with van der Waals surface area (Å²) in [6, 6.07) is 4.44. The van der Waals surface area contributed by atoms with Crippen LogP contribution in [0.4, 0.5) is 16.2 Å². The lowest BCUT2D eigenvalue weighted by atomic mass is 10.1. The summed E-state index contributed by atoms with van der Waals surface area (Å²) in [5.41, 5.74) is 1.52. The fourth-order valence-corrected chi connectivity index (χ4v) is 3.48. The van der Waals surface area contributed by atoms with Crippen molar-refractivity contribution in [3.63, 3.8) is 0 Å². The summed E-state index contributed by atoms with van der Waals surface area (Å²) in [5.74, 6) is -0.116. The number of fused-ring (bicyclic) bond motifs is 1. The molecule has 2 aliphatic heterocycles. The number of rotatable bonds is 3. The molecule has 2 heterocycles. The van der Waals surface area contributed by atoms with E-state index in [2.05, 4.69) is 0 Å². The lowest BCUT2D eigenvalue weighted by molar-refractivity contribution is -0.384. The van der Waals surface area contributed by atoms with Gasteiger partial charge in [-0.15, -0.1) is 0 Å². The van der Waals surface area contributed by atoms with Crippen LogP contribution < -0.4 is 4.90 Å². The minimum Gasteiger partial charge on any atom is -0.465 e. The maximum Gasteiger partial charge on any atom is 0.407 e. The quantitative estimate of drug-likeness (QED) is 0.649. The number of hydrogen-bond donors (Lipinski definition) is 1. The monoisotopic (exact) mass is 348 g/mol. The topological polar surface area (TPSA) is 107 Å². The van der Waals surface area contributed by atoms with Crippen LogP contribution >= 0.6 is 0 Å². The molecule has 1 atom stereocenters. The molecule has 0 aromatic heterocycles. The molecule has 2 amide bonds. The highest BCUT2D eigenvalue weighted by atomic mass is 16.6. The number of nitro groups is 1. The fourth-order valence-electron chi connectivity index (χ4n) is 3.48. The Balaban J connectivity index is 1.67. The summed E-state index contributed by atoms with van der Waals surface area (Å²) in [7, 11) is 0. The van der Waals surface area contributed by atoms with Gasteiger partial charge in [-0.2, -0.15) is 0 Å². The lowest BCUT2D eigenvalue weighted by Crippen LogP contribution is -2.55. The normalized spacial score (nSPS) is 20.4. The Kier molecular flexibility index (Phi) is 4.58. The first-order chi connectivity index (χ1) is 11.9. The number of amides is 2. The number of anilines is 1. The Morgan fingerprint density at radius 3 is 2.72 bits per heavy atom. The standard InChI is InChI=1S/C16H20N4O5/c1-11-9-17(6-7-18(11)16(22)23)10-15(21)19-5-4-12-2-3-13(20(24)25)8-14(12)19/h2-3,8,11H,4-7,9-10H2,1H3,(H,22,23). The third-order valence-electron chi connectivity index (χ3n) is 4.79. The van der Waals surface area contributed by atoms with Crippen molar-refractivity contribution in [1.29, 1.82) is 0 Å². The maximum absolute atomic E-state index is 12.7. The molecule has 3 rings (SSSR count). The van der Waals surface area contributed by atoms with Crippen molar-refractivity contribution in [1.82, 2.24) is 9.80 Å². The molecule has 1 aromatic carbocycles. The lowest BCUT2D eigenvalue weighted by Gasteiger charge is -2.38. The second kappa shape index (κ2) is 6.67. The highest BCUT2D eigenvalue weighted by molar-refractivity contribution is 5.97. The first kappa shape index (κ1) is 17.2. The van der Waals surface area contributed by atoms with Crippen LogP contribution in [0.25, 0.3) is 0 Å². The molecule has 1 fully saturated rings. The van der Waals surface area contributed by atoms with Crippen molar-refractivity contribution in [3.8, 4) is 0 Å². The number of hydrogen-bond acceptors (Lipinski definition) is 5.